The Labute approximate surface area is 194 Å². The topological polar surface area (TPSA) is 37.3 Å². The van der Waals surface area contributed by atoms with Gasteiger partial charge in [0.25, 0.3) is 0 Å². The number of carbonyl (C=O) groups excluding carboxylic acids is 1. The molecule has 0 aromatic heterocycles. The van der Waals surface area contributed by atoms with E-state index in [1.807, 2.05) is 65.8 Å². The fourth-order valence-corrected chi connectivity index (χ4v) is 2.49. The molecular formula is C27H30IrO2-2. The minimum Gasteiger partial charge on any atom is -0.512 e. The van der Waals surface area contributed by atoms with Crippen molar-refractivity contribution in [2.75, 3.05) is 0 Å². The van der Waals surface area contributed by atoms with Gasteiger partial charge in [-0.1, -0.05) is 59.7 Å². The summed E-state index contributed by atoms with van der Waals surface area (Å²) in [6.07, 6.45) is 1.33. The third-order valence-corrected chi connectivity index (χ3v) is 4.47. The summed E-state index contributed by atoms with van der Waals surface area (Å²) >= 11 is 0. The standard InChI is InChI=1S/C16H10.C11H20O2.Ir/c1-2-7-13(8-3-1)16-12-6-10-14-9-4-5-11-15(14)16;1-10(2,3)8(12)7-9(13)11(4,5)6;/h1-7,9-11H;7,12H,1-6H3;/q-2;;/b;8-7-;. The first-order valence-corrected chi connectivity index (χ1v) is 9.82. The number of fused-ring (bicyclic) bond motifs is 1. The molecule has 30 heavy (non-hydrogen) atoms. The Hall–Kier alpha value is -2.22. The normalized spacial score (nSPS) is 11.9. The number of aliphatic hydroxyl groups is 1. The molecule has 0 aliphatic rings. The van der Waals surface area contributed by atoms with Crippen LogP contribution in [-0.2, 0) is 24.9 Å². The molecule has 3 heteroatoms. The summed E-state index contributed by atoms with van der Waals surface area (Å²) in [6, 6.07) is 27.0. The molecule has 0 heterocycles. The van der Waals surface area contributed by atoms with Crippen LogP contribution in [-0.4, -0.2) is 10.9 Å². The van der Waals surface area contributed by atoms with Crippen molar-refractivity contribution in [3.05, 3.63) is 84.6 Å². The molecular weight excluding hydrogens is 549 g/mol. The van der Waals surface area contributed by atoms with Gasteiger partial charge < -0.3 is 5.11 Å². The Balaban J connectivity index is 0.000000299. The minimum absolute atomic E-state index is 0. The maximum absolute atomic E-state index is 11.5. The molecule has 0 amide bonds. The molecule has 0 atom stereocenters. The van der Waals surface area contributed by atoms with E-state index < -0.39 is 5.41 Å². The van der Waals surface area contributed by atoms with Crippen molar-refractivity contribution in [3.8, 4) is 11.1 Å². The molecule has 0 bridgehead atoms. The van der Waals surface area contributed by atoms with Crippen molar-refractivity contribution in [1.29, 1.82) is 0 Å². The monoisotopic (exact) mass is 579 g/mol. The first kappa shape index (κ1) is 25.8. The SMILES string of the molecule is CC(C)(C)C(=O)/C=C(\O)C(C)(C)C.[Ir].[c-]1ccccc1-c1[c-]ccc2ccccc12. The Kier molecular flexibility index (Phi) is 9.21. The molecule has 161 valence electrons. The number of aliphatic hydroxyl groups excluding tert-OH is 1. The third kappa shape index (κ3) is 7.23. The Morgan fingerprint density at radius 3 is 2.03 bits per heavy atom. The molecule has 1 N–H and O–H groups in total. The number of hydrogen-bond acceptors (Lipinski definition) is 2. The van der Waals surface area contributed by atoms with Gasteiger partial charge in [-0.3, -0.25) is 4.79 Å². The van der Waals surface area contributed by atoms with Gasteiger partial charge in [-0.2, -0.15) is 36.4 Å². The smallest absolute Gasteiger partial charge is 0.164 e. The molecule has 0 unspecified atom stereocenters. The van der Waals surface area contributed by atoms with E-state index in [0.29, 0.717) is 0 Å². The van der Waals surface area contributed by atoms with E-state index in [2.05, 4.69) is 48.5 Å². The largest absolute Gasteiger partial charge is 0.512 e. The molecule has 0 saturated heterocycles. The van der Waals surface area contributed by atoms with Crippen LogP contribution in [0.2, 0.25) is 0 Å². The second-order valence-corrected chi connectivity index (χ2v) is 9.11. The molecule has 3 aromatic rings. The first-order valence-electron chi connectivity index (χ1n) is 9.82. The molecule has 3 rings (SSSR count). The average Bonchev–Trinajstić information content (AvgIpc) is 2.67. The van der Waals surface area contributed by atoms with Crippen LogP contribution in [0.4, 0.5) is 0 Å². The van der Waals surface area contributed by atoms with Crippen LogP contribution in [0.1, 0.15) is 41.5 Å². The van der Waals surface area contributed by atoms with Crippen molar-refractivity contribution in [2.24, 2.45) is 10.8 Å². The van der Waals surface area contributed by atoms with E-state index >= 15 is 0 Å². The predicted octanol–water partition coefficient (Wildman–Crippen LogP) is 7.19. The van der Waals surface area contributed by atoms with E-state index in [-0.39, 0.29) is 37.1 Å². The molecule has 0 saturated carbocycles. The van der Waals surface area contributed by atoms with Crippen molar-refractivity contribution >= 4 is 16.6 Å². The summed E-state index contributed by atoms with van der Waals surface area (Å²) in [7, 11) is 0. The van der Waals surface area contributed by atoms with Gasteiger partial charge in [0.1, 0.15) is 5.76 Å². The second-order valence-electron chi connectivity index (χ2n) is 9.11. The van der Waals surface area contributed by atoms with Crippen molar-refractivity contribution < 1.29 is 30.0 Å². The van der Waals surface area contributed by atoms with Crippen molar-refractivity contribution in [3.63, 3.8) is 0 Å². The zero-order chi connectivity index (χ0) is 21.7. The minimum atomic E-state index is -0.417. The van der Waals surface area contributed by atoms with Crippen molar-refractivity contribution in [2.45, 2.75) is 41.5 Å². The van der Waals surface area contributed by atoms with Crippen LogP contribution >= 0.6 is 0 Å². The number of allylic oxidation sites excluding steroid dienone is 2. The summed E-state index contributed by atoms with van der Waals surface area (Å²) in [5, 5.41) is 12.0. The number of rotatable bonds is 2. The Bertz CT molecular complexity index is 985. The molecule has 0 fully saturated rings. The summed E-state index contributed by atoms with van der Waals surface area (Å²) in [5.41, 5.74) is 1.46. The van der Waals surface area contributed by atoms with Crippen LogP contribution in [0.3, 0.4) is 0 Å². The number of hydrogen-bond donors (Lipinski definition) is 1. The third-order valence-electron chi connectivity index (χ3n) is 4.47. The van der Waals surface area contributed by atoms with Gasteiger partial charge in [0.15, 0.2) is 5.78 Å². The first-order chi connectivity index (χ1) is 13.5. The molecule has 1 radical (unpaired) electrons. The molecule has 3 aromatic carbocycles. The van der Waals surface area contributed by atoms with Gasteiger partial charge in [0.05, 0.1) is 0 Å². The van der Waals surface area contributed by atoms with Gasteiger partial charge in [0, 0.05) is 37.0 Å². The fraction of sp³-hybridized carbons (Fsp3) is 0.296. The molecule has 0 aliphatic carbocycles. The van der Waals surface area contributed by atoms with E-state index in [9.17, 15) is 9.90 Å². The number of ketones is 1. The summed E-state index contributed by atoms with van der Waals surface area (Å²) in [5.74, 6) is 0.104. The van der Waals surface area contributed by atoms with Gasteiger partial charge in [-0.05, 0) is 0 Å². The van der Waals surface area contributed by atoms with E-state index in [1.54, 1.807) is 0 Å². The van der Waals surface area contributed by atoms with Gasteiger partial charge >= 0.3 is 0 Å². The average molecular weight is 579 g/mol. The second kappa shape index (κ2) is 10.7. The Morgan fingerprint density at radius 1 is 0.833 bits per heavy atom. The van der Waals surface area contributed by atoms with E-state index in [4.69, 9.17) is 0 Å². The van der Waals surface area contributed by atoms with Gasteiger partial charge in [0.2, 0.25) is 0 Å². The van der Waals surface area contributed by atoms with Crippen LogP contribution in [0.5, 0.6) is 0 Å². The van der Waals surface area contributed by atoms with E-state index in [0.717, 1.165) is 11.1 Å². The maximum atomic E-state index is 11.5. The number of carbonyl (C=O) groups is 1. The summed E-state index contributed by atoms with van der Waals surface area (Å²) in [6.45, 7) is 11.1. The van der Waals surface area contributed by atoms with Gasteiger partial charge in [-0.25, -0.2) is 11.1 Å². The zero-order valence-corrected chi connectivity index (χ0v) is 20.9. The maximum Gasteiger partial charge on any atom is 0.164 e. The molecule has 0 spiro atoms. The van der Waals surface area contributed by atoms with E-state index in [1.165, 1.54) is 16.8 Å². The van der Waals surface area contributed by atoms with Crippen LogP contribution < -0.4 is 0 Å². The Morgan fingerprint density at radius 2 is 1.47 bits per heavy atom. The van der Waals surface area contributed by atoms with Crippen LogP contribution in [0.25, 0.3) is 21.9 Å². The van der Waals surface area contributed by atoms with Gasteiger partial charge in [-0.15, -0.1) is 29.0 Å². The summed E-state index contributed by atoms with van der Waals surface area (Å²) < 4.78 is 0. The number of benzene rings is 3. The quantitative estimate of drug-likeness (QED) is 0.199. The van der Waals surface area contributed by atoms with Crippen LogP contribution in [0.15, 0.2) is 72.5 Å². The fourth-order valence-electron chi connectivity index (χ4n) is 2.49. The zero-order valence-electron chi connectivity index (χ0n) is 18.5. The van der Waals surface area contributed by atoms with Crippen LogP contribution in [0, 0.1) is 23.0 Å². The predicted molar refractivity (Wildman–Crippen MR) is 122 cm³/mol. The molecule has 0 aliphatic heterocycles. The molecule has 2 nitrogen and oxygen atoms in total. The van der Waals surface area contributed by atoms with Crippen molar-refractivity contribution in [1.82, 2.24) is 0 Å². The summed E-state index contributed by atoms with van der Waals surface area (Å²) in [4.78, 5) is 11.5.